The molecule has 0 bridgehead atoms. The number of carbonyl (C=O) groups excluding carboxylic acids is 1. The minimum Gasteiger partial charge on any atom is -0.459 e. The predicted octanol–water partition coefficient (Wildman–Crippen LogP) is 2.21. The smallest absolute Gasteiger partial charge is 0.435 e. The minimum atomic E-state index is -4.56. The van der Waals surface area contributed by atoms with Crippen molar-refractivity contribution >= 4 is 17.7 Å². The molecule has 0 fully saturated rings. The summed E-state index contributed by atoms with van der Waals surface area (Å²) in [7, 11) is 0. The lowest BCUT2D eigenvalue weighted by Crippen LogP contribution is -2.08. The van der Waals surface area contributed by atoms with Crippen LogP contribution in [0.2, 0.25) is 0 Å². The number of nitrogens with zero attached hydrogens (tertiary/aromatic N) is 4. The molecule has 0 spiro atoms. The summed E-state index contributed by atoms with van der Waals surface area (Å²) < 4.78 is 46.6. The van der Waals surface area contributed by atoms with Gasteiger partial charge in [-0.1, -0.05) is 5.10 Å². The molecule has 0 aliphatic carbocycles. The Hall–Kier alpha value is -2.17. The van der Waals surface area contributed by atoms with E-state index in [1.807, 2.05) is 0 Å². The third-order valence-electron chi connectivity index (χ3n) is 1.98. The van der Waals surface area contributed by atoms with Crippen LogP contribution in [0.3, 0.4) is 0 Å². The molecule has 21 heavy (non-hydrogen) atoms. The lowest BCUT2D eigenvalue weighted by molar-refractivity contribution is -0.141. The van der Waals surface area contributed by atoms with Crippen LogP contribution in [-0.4, -0.2) is 33.0 Å². The predicted molar refractivity (Wildman–Crippen MR) is 61.4 cm³/mol. The van der Waals surface area contributed by atoms with Crippen LogP contribution < -0.4 is 0 Å². The van der Waals surface area contributed by atoms with Crippen LogP contribution in [0.5, 0.6) is 0 Å². The van der Waals surface area contributed by atoms with Crippen molar-refractivity contribution in [3.63, 3.8) is 0 Å². The van der Waals surface area contributed by atoms with Gasteiger partial charge in [0.2, 0.25) is 0 Å². The van der Waals surface area contributed by atoms with Crippen molar-refractivity contribution < 1.29 is 27.1 Å². The van der Waals surface area contributed by atoms with E-state index in [9.17, 15) is 18.0 Å². The fourth-order valence-electron chi connectivity index (χ4n) is 1.14. The number of halogens is 3. The van der Waals surface area contributed by atoms with Gasteiger partial charge in [0.15, 0.2) is 5.69 Å². The molecule has 0 radical (unpaired) electrons. The Morgan fingerprint density at radius 1 is 1.29 bits per heavy atom. The molecule has 2 aromatic rings. The monoisotopic (exact) mass is 320 g/mol. The fraction of sp³-hybridized carbons (Fsp3) is 0.300. The number of carbonyl (C=O) groups is 1. The zero-order valence-electron chi connectivity index (χ0n) is 10.4. The molecule has 0 saturated heterocycles. The largest absolute Gasteiger partial charge is 0.459 e. The third-order valence-corrected chi connectivity index (χ3v) is 2.75. The number of alkyl halides is 3. The van der Waals surface area contributed by atoms with Gasteiger partial charge in [-0.25, -0.2) is 4.79 Å². The van der Waals surface area contributed by atoms with Gasteiger partial charge in [-0.05, 0) is 30.8 Å². The van der Waals surface area contributed by atoms with Crippen molar-refractivity contribution in [3.8, 4) is 0 Å². The maximum atomic E-state index is 12.3. The summed E-state index contributed by atoms with van der Waals surface area (Å²) in [5, 5.41) is 13.5. The second kappa shape index (κ2) is 6.08. The first-order valence-electron chi connectivity index (χ1n) is 5.49. The highest BCUT2D eigenvalue weighted by Crippen LogP contribution is 2.29. The Kier molecular flexibility index (Phi) is 4.40. The number of hydrogen-bond acceptors (Lipinski definition) is 8. The molecule has 0 N–H and O–H groups in total. The summed E-state index contributed by atoms with van der Waals surface area (Å²) in [6.45, 7) is 1.76. The molecule has 112 valence electrons. The van der Waals surface area contributed by atoms with Crippen LogP contribution in [0.15, 0.2) is 26.8 Å². The van der Waals surface area contributed by atoms with Crippen molar-refractivity contribution in [2.24, 2.45) is 0 Å². The molecule has 2 heterocycles. The highest BCUT2D eigenvalue weighted by atomic mass is 32.2. The van der Waals surface area contributed by atoms with Gasteiger partial charge >= 0.3 is 18.0 Å². The van der Waals surface area contributed by atoms with E-state index in [1.54, 1.807) is 6.92 Å². The molecule has 0 aliphatic heterocycles. The fourth-order valence-corrected chi connectivity index (χ4v) is 1.74. The van der Waals surface area contributed by atoms with Gasteiger partial charge in [-0.2, -0.15) is 13.2 Å². The van der Waals surface area contributed by atoms with E-state index in [0.29, 0.717) is 0 Å². The van der Waals surface area contributed by atoms with E-state index in [0.717, 1.165) is 23.9 Å². The van der Waals surface area contributed by atoms with E-state index in [2.05, 4.69) is 25.1 Å². The molecular formula is C10H7F3N4O3S. The lowest BCUT2D eigenvalue weighted by atomic mass is 10.4. The quantitative estimate of drug-likeness (QED) is 0.792. The molecule has 0 saturated carbocycles. The van der Waals surface area contributed by atoms with Gasteiger partial charge in [0.1, 0.15) is 5.03 Å². The first-order chi connectivity index (χ1) is 9.90. The van der Waals surface area contributed by atoms with Crippen LogP contribution in [0.4, 0.5) is 13.2 Å². The Bertz CT molecular complexity index is 629. The summed E-state index contributed by atoms with van der Waals surface area (Å²) in [4.78, 5) is 11.3. The van der Waals surface area contributed by atoms with Crippen LogP contribution in [0.25, 0.3) is 0 Å². The molecule has 11 heteroatoms. The first-order valence-corrected chi connectivity index (χ1v) is 6.31. The maximum Gasteiger partial charge on any atom is 0.435 e. The van der Waals surface area contributed by atoms with Gasteiger partial charge in [0.25, 0.3) is 5.22 Å². The second-order valence-electron chi connectivity index (χ2n) is 3.45. The maximum absolute atomic E-state index is 12.3. The average molecular weight is 320 g/mol. The van der Waals surface area contributed by atoms with E-state index < -0.39 is 17.8 Å². The van der Waals surface area contributed by atoms with Crippen molar-refractivity contribution in [1.29, 1.82) is 0 Å². The topological polar surface area (TPSA) is 91.0 Å². The molecule has 0 unspecified atom stereocenters. The van der Waals surface area contributed by atoms with Gasteiger partial charge in [0, 0.05) is 0 Å². The molecule has 2 aromatic heterocycles. The van der Waals surface area contributed by atoms with Crippen LogP contribution >= 0.6 is 11.8 Å². The van der Waals surface area contributed by atoms with Crippen LogP contribution in [0, 0.1) is 0 Å². The number of ether oxygens (including phenoxy) is 1. The van der Waals surface area contributed by atoms with E-state index in [1.165, 1.54) is 0 Å². The normalized spacial score (nSPS) is 11.4. The van der Waals surface area contributed by atoms with Gasteiger partial charge in [-0.15, -0.1) is 15.3 Å². The number of aromatic nitrogens is 4. The molecule has 0 aromatic carbocycles. The summed E-state index contributed by atoms with van der Waals surface area (Å²) in [6, 6.07) is 1.88. The van der Waals surface area contributed by atoms with Gasteiger partial charge in [0.05, 0.1) is 6.61 Å². The highest BCUT2D eigenvalue weighted by molar-refractivity contribution is 7.99. The summed E-state index contributed by atoms with van der Waals surface area (Å²) in [6.07, 6.45) is -4.56. The number of hydrogen-bond donors (Lipinski definition) is 0. The molecule has 0 amide bonds. The van der Waals surface area contributed by atoms with Gasteiger partial charge in [-0.3, -0.25) is 0 Å². The Balaban J connectivity index is 2.07. The number of rotatable bonds is 4. The summed E-state index contributed by atoms with van der Waals surface area (Å²) in [5.74, 6) is -1.13. The standard InChI is InChI=1S/C10H7F3N4O3S/c1-2-19-8(18)7-16-17-9(20-7)21-6-4-3-5(14-15-6)10(11,12)13/h3-4H,2H2,1H3. The zero-order valence-corrected chi connectivity index (χ0v) is 11.2. The SMILES string of the molecule is CCOC(=O)c1nnc(Sc2ccc(C(F)(F)F)nn2)o1. The molecule has 2 rings (SSSR count). The molecule has 0 aliphatic rings. The van der Waals surface area contributed by atoms with E-state index in [4.69, 9.17) is 4.42 Å². The van der Waals surface area contributed by atoms with Crippen LogP contribution in [-0.2, 0) is 10.9 Å². The third kappa shape index (κ3) is 3.90. The second-order valence-corrected chi connectivity index (χ2v) is 4.42. The average Bonchev–Trinajstić information content (AvgIpc) is 2.87. The number of esters is 1. The van der Waals surface area contributed by atoms with E-state index in [-0.39, 0.29) is 22.7 Å². The van der Waals surface area contributed by atoms with Crippen molar-refractivity contribution in [1.82, 2.24) is 20.4 Å². The molecular weight excluding hydrogens is 313 g/mol. The molecule has 0 atom stereocenters. The van der Waals surface area contributed by atoms with Gasteiger partial charge < -0.3 is 9.15 Å². The van der Waals surface area contributed by atoms with Crippen molar-refractivity contribution in [3.05, 3.63) is 23.7 Å². The van der Waals surface area contributed by atoms with Crippen LogP contribution in [0.1, 0.15) is 23.3 Å². The Morgan fingerprint density at radius 3 is 2.62 bits per heavy atom. The minimum absolute atomic E-state index is 0.0629. The van der Waals surface area contributed by atoms with Crippen molar-refractivity contribution in [2.45, 2.75) is 23.3 Å². The highest BCUT2D eigenvalue weighted by Gasteiger charge is 2.33. The summed E-state index contributed by atoms with van der Waals surface area (Å²) >= 11 is 0.774. The van der Waals surface area contributed by atoms with E-state index >= 15 is 0 Å². The Morgan fingerprint density at radius 2 is 2.05 bits per heavy atom. The zero-order chi connectivity index (χ0) is 15.5. The lowest BCUT2D eigenvalue weighted by Gasteiger charge is -2.03. The molecule has 7 nitrogen and oxygen atoms in total. The van der Waals surface area contributed by atoms with Crippen molar-refractivity contribution in [2.75, 3.05) is 6.61 Å². The Labute approximate surface area is 119 Å². The summed E-state index contributed by atoms with van der Waals surface area (Å²) in [5.41, 5.74) is -1.11. The first kappa shape index (κ1) is 15.2.